The Morgan fingerprint density at radius 2 is 1.80 bits per heavy atom. The Balaban J connectivity index is 2.11. The number of hydrogen-bond donors (Lipinski definition) is 1. The number of aromatic nitrogens is 1. The fourth-order valence-corrected chi connectivity index (χ4v) is 3.16. The number of sulfonamides is 1. The van der Waals surface area contributed by atoms with Crippen molar-refractivity contribution in [2.75, 3.05) is 0 Å². The van der Waals surface area contributed by atoms with Crippen LogP contribution in [0.2, 0.25) is 5.02 Å². The molecule has 1 aromatic heterocycles. The van der Waals surface area contributed by atoms with Crippen LogP contribution in [0.25, 0.3) is 0 Å². The quantitative estimate of drug-likeness (QED) is 0.924. The Morgan fingerprint density at radius 1 is 1.15 bits per heavy atom. The van der Waals surface area contributed by atoms with Crippen LogP contribution in [0.3, 0.4) is 0 Å². The molecule has 0 aliphatic heterocycles. The van der Waals surface area contributed by atoms with E-state index >= 15 is 0 Å². The van der Waals surface area contributed by atoms with Gasteiger partial charge in [-0.3, -0.25) is 4.98 Å². The van der Waals surface area contributed by atoms with Crippen LogP contribution in [0.5, 0.6) is 0 Å². The molecule has 0 amide bonds. The van der Waals surface area contributed by atoms with E-state index in [0.717, 1.165) is 12.0 Å². The lowest BCUT2D eigenvalue weighted by Crippen LogP contribution is -2.23. The third-order valence-electron chi connectivity index (χ3n) is 2.92. The van der Waals surface area contributed by atoms with Crippen molar-refractivity contribution in [3.8, 4) is 0 Å². The van der Waals surface area contributed by atoms with Crippen LogP contribution >= 0.6 is 11.6 Å². The molecule has 20 heavy (non-hydrogen) atoms. The number of nitrogens with one attached hydrogen (secondary N) is 1. The molecule has 0 radical (unpaired) electrons. The number of pyridine rings is 1. The largest absolute Gasteiger partial charge is 0.263 e. The molecule has 0 unspecified atom stereocenters. The van der Waals surface area contributed by atoms with Crippen LogP contribution in [-0.2, 0) is 23.0 Å². The Morgan fingerprint density at radius 3 is 2.40 bits per heavy atom. The van der Waals surface area contributed by atoms with Crippen LogP contribution in [0, 0.1) is 0 Å². The van der Waals surface area contributed by atoms with Crippen molar-refractivity contribution < 1.29 is 8.42 Å². The number of nitrogens with zero attached hydrogens (tertiary/aromatic N) is 1. The van der Waals surface area contributed by atoms with E-state index < -0.39 is 10.0 Å². The number of halogens is 1. The van der Waals surface area contributed by atoms with Crippen LogP contribution in [-0.4, -0.2) is 13.4 Å². The first kappa shape index (κ1) is 15.0. The zero-order chi connectivity index (χ0) is 14.6. The van der Waals surface area contributed by atoms with Gasteiger partial charge < -0.3 is 0 Å². The van der Waals surface area contributed by atoms with Gasteiger partial charge in [-0.15, -0.1) is 0 Å². The van der Waals surface area contributed by atoms with Gasteiger partial charge in [0, 0.05) is 18.9 Å². The van der Waals surface area contributed by atoms with Gasteiger partial charge in [-0.05, 0) is 23.6 Å². The Labute approximate surface area is 123 Å². The van der Waals surface area contributed by atoms with E-state index in [1.807, 2.05) is 24.3 Å². The van der Waals surface area contributed by atoms with Gasteiger partial charge >= 0.3 is 0 Å². The van der Waals surface area contributed by atoms with E-state index in [-0.39, 0.29) is 16.5 Å². The Hall–Kier alpha value is -1.43. The molecule has 0 aliphatic carbocycles. The van der Waals surface area contributed by atoms with E-state index in [2.05, 4.69) is 16.6 Å². The summed E-state index contributed by atoms with van der Waals surface area (Å²) in [6.45, 7) is 2.29. The molecule has 0 saturated carbocycles. The lowest BCUT2D eigenvalue weighted by molar-refractivity contribution is 0.581. The summed E-state index contributed by atoms with van der Waals surface area (Å²) in [6, 6.07) is 9.24. The number of aryl methyl sites for hydroxylation is 1. The van der Waals surface area contributed by atoms with Crippen molar-refractivity contribution in [1.29, 1.82) is 0 Å². The Bertz CT molecular complexity index is 685. The average molecular weight is 311 g/mol. The summed E-state index contributed by atoms with van der Waals surface area (Å²) in [5.41, 5.74) is 2.11. The normalized spacial score (nSPS) is 11.5. The highest BCUT2D eigenvalue weighted by Gasteiger charge is 2.17. The molecule has 1 heterocycles. The highest BCUT2D eigenvalue weighted by atomic mass is 35.5. The lowest BCUT2D eigenvalue weighted by atomic mass is 10.1. The second-order valence-corrected chi connectivity index (χ2v) is 6.44. The highest BCUT2D eigenvalue weighted by Crippen LogP contribution is 2.19. The number of hydrogen-bond acceptors (Lipinski definition) is 3. The van der Waals surface area contributed by atoms with Crippen molar-refractivity contribution >= 4 is 21.6 Å². The molecule has 4 nitrogen and oxygen atoms in total. The maximum atomic E-state index is 12.1. The summed E-state index contributed by atoms with van der Waals surface area (Å²) in [7, 11) is -3.65. The van der Waals surface area contributed by atoms with Gasteiger partial charge in [0.2, 0.25) is 10.0 Å². The molecule has 2 aromatic rings. The zero-order valence-electron chi connectivity index (χ0n) is 11.0. The van der Waals surface area contributed by atoms with Gasteiger partial charge in [0.1, 0.15) is 4.90 Å². The molecule has 0 saturated heterocycles. The molecular formula is C14H15ClN2O2S. The van der Waals surface area contributed by atoms with Crippen LogP contribution in [0.15, 0.2) is 47.6 Å². The van der Waals surface area contributed by atoms with E-state index in [0.29, 0.717) is 0 Å². The summed E-state index contributed by atoms with van der Waals surface area (Å²) in [6.07, 6.45) is 3.65. The second kappa shape index (κ2) is 6.35. The third-order valence-corrected chi connectivity index (χ3v) is 4.79. The van der Waals surface area contributed by atoms with E-state index in [1.165, 1.54) is 24.0 Å². The summed E-state index contributed by atoms with van der Waals surface area (Å²) < 4.78 is 26.7. The number of benzene rings is 1. The SMILES string of the molecule is CCc1ccc(CNS(=O)(=O)c2cnccc2Cl)cc1. The average Bonchev–Trinajstić information content (AvgIpc) is 2.46. The fourth-order valence-electron chi connectivity index (χ4n) is 1.71. The van der Waals surface area contributed by atoms with Crippen molar-refractivity contribution in [2.24, 2.45) is 0 Å². The van der Waals surface area contributed by atoms with Gasteiger partial charge in [-0.2, -0.15) is 0 Å². The minimum Gasteiger partial charge on any atom is -0.263 e. The van der Waals surface area contributed by atoms with Crippen molar-refractivity contribution in [3.63, 3.8) is 0 Å². The first-order chi connectivity index (χ1) is 9.53. The van der Waals surface area contributed by atoms with Crippen LogP contribution in [0.4, 0.5) is 0 Å². The number of rotatable bonds is 5. The maximum Gasteiger partial charge on any atom is 0.243 e. The van der Waals surface area contributed by atoms with Gasteiger partial charge in [0.15, 0.2) is 0 Å². The van der Waals surface area contributed by atoms with Gasteiger partial charge in [-0.25, -0.2) is 13.1 Å². The molecule has 6 heteroatoms. The minimum atomic E-state index is -3.65. The summed E-state index contributed by atoms with van der Waals surface area (Å²) in [5, 5.41) is 0.161. The zero-order valence-corrected chi connectivity index (χ0v) is 12.6. The predicted molar refractivity (Wildman–Crippen MR) is 79.1 cm³/mol. The van der Waals surface area contributed by atoms with Gasteiger partial charge in [0.05, 0.1) is 5.02 Å². The summed E-state index contributed by atoms with van der Waals surface area (Å²) in [5.74, 6) is 0. The first-order valence-corrected chi connectivity index (χ1v) is 8.06. The molecule has 1 N–H and O–H groups in total. The monoisotopic (exact) mass is 310 g/mol. The lowest BCUT2D eigenvalue weighted by Gasteiger charge is -2.08. The second-order valence-electron chi connectivity index (χ2n) is 4.30. The maximum absolute atomic E-state index is 12.1. The van der Waals surface area contributed by atoms with Gasteiger partial charge in [0.25, 0.3) is 0 Å². The molecule has 0 spiro atoms. The molecule has 0 aliphatic rings. The molecule has 106 valence electrons. The minimum absolute atomic E-state index is 0.00755. The smallest absolute Gasteiger partial charge is 0.243 e. The van der Waals surface area contributed by atoms with E-state index in [9.17, 15) is 8.42 Å². The van der Waals surface area contributed by atoms with E-state index in [4.69, 9.17) is 11.6 Å². The molecular weight excluding hydrogens is 296 g/mol. The summed E-state index contributed by atoms with van der Waals surface area (Å²) >= 11 is 5.87. The van der Waals surface area contributed by atoms with Crippen molar-refractivity contribution in [2.45, 2.75) is 24.8 Å². The third kappa shape index (κ3) is 3.56. The molecule has 0 bridgehead atoms. The summed E-state index contributed by atoms with van der Waals surface area (Å²) in [4.78, 5) is 3.78. The topological polar surface area (TPSA) is 59.1 Å². The predicted octanol–water partition coefficient (Wildman–Crippen LogP) is 2.78. The molecule has 1 aromatic carbocycles. The molecule has 2 rings (SSSR count). The van der Waals surface area contributed by atoms with Crippen LogP contribution in [0.1, 0.15) is 18.1 Å². The standard InChI is InChI=1S/C14H15ClN2O2S/c1-2-11-3-5-12(6-4-11)9-17-20(18,19)14-10-16-8-7-13(14)15/h3-8,10,17H,2,9H2,1H3. The fraction of sp³-hybridized carbons (Fsp3) is 0.214. The van der Waals surface area contributed by atoms with Crippen molar-refractivity contribution in [1.82, 2.24) is 9.71 Å². The first-order valence-electron chi connectivity index (χ1n) is 6.20. The Kier molecular flexibility index (Phi) is 4.75. The van der Waals surface area contributed by atoms with E-state index in [1.54, 1.807) is 0 Å². The highest BCUT2D eigenvalue weighted by molar-refractivity contribution is 7.89. The van der Waals surface area contributed by atoms with Crippen LogP contribution < -0.4 is 4.72 Å². The van der Waals surface area contributed by atoms with Crippen molar-refractivity contribution in [3.05, 3.63) is 58.9 Å². The molecule has 0 fully saturated rings. The van der Waals surface area contributed by atoms with Gasteiger partial charge in [-0.1, -0.05) is 42.8 Å². The molecule has 0 atom stereocenters.